The Bertz CT molecular complexity index is 671. The average molecular weight is 348 g/mol. The van der Waals surface area contributed by atoms with Gasteiger partial charge in [0.25, 0.3) is 0 Å². The third-order valence-corrected chi connectivity index (χ3v) is 4.82. The molecule has 0 bridgehead atoms. The van der Waals surface area contributed by atoms with Gasteiger partial charge in [-0.1, -0.05) is 35.9 Å². The number of ether oxygens (including phenoxy) is 1. The number of halogens is 1. The summed E-state index contributed by atoms with van der Waals surface area (Å²) in [6.45, 7) is 1.61. The van der Waals surface area contributed by atoms with Crippen molar-refractivity contribution in [3.63, 3.8) is 0 Å². The van der Waals surface area contributed by atoms with Crippen molar-refractivity contribution in [2.45, 2.75) is 32.4 Å². The van der Waals surface area contributed by atoms with Crippen molar-refractivity contribution in [3.05, 3.63) is 47.0 Å². The number of benzene rings is 1. The van der Waals surface area contributed by atoms with Gasteiger partial charge in [0.05, 0.1) is 11.8 Å². The van der Waals surface area contributed by atoms with Crippen molar-refractivity contribution in [2.75, 3.05) is 0 Å². The van der Waals surface area contributed by atoms with Crippen molar-refractivity contribution in [3.8, 4) is 0 Å². The van der Waals surface area contributed by atoms with E-state index in [9.17, 15) is 14.4 Å². The third kappa shape index (κ3) is 3.08. The maximum atomic E-state index is 12.5. The van der Waals surface area contributed by atoms with Gasteiger partial charge in [0.1, 0.15) is 12.6 Å². The minimum Gasteiger partial charge on any atom is -0.459 e. The molecule has 1 aromatic rings. The molecule has 1 aliphatic heterocycles. The summed E-state index contributed by atoms with van der Waals surface area (Å²) in [6, 6.07) is 6.01. The van der Waals surface area contributed by atoms with Crippen LogP contribution >= 0.6 is 11.6 Å². The Labute approximate surface area is 145 Å². The van der Waals surface area contributed by atoms with E-state index in [1.807, 2.05) is 12.2 Å². The molecule has 0 saturated carbocycles. The maximum Gasteiger partial charge on any atom is 0.329 e. The lowest BCUT2D eigenvalue weighted by molar-refractivity contribution is -0.159. The molecule has 5 nitrogen and oxygen atoms in total. The minimum absolute atomic E-state index is 0.0744. The summed E-state index contributed by atoms with van der Waals surface area (Å²) in [6.07, 6.45) is 4.94. The molecule has 1 fully saturated rings. The molecule has 6 heteroatoms. The van der Waals surface area contributed by atoms with E-state index >= 15 is 0 Å². The molecule has 0 aromatic heterocycles. The van der Waals surface area contributed by atoms with E-state index in [0.29, 0.717) is 17.9 Å². The molecule has 1 saturated heterocycles. The molecule has 0 radical (unpaired) electrons. The molecule has 1 heterocycles. The van der Waals surface area contributed by atoms with Gasteiger partial charge in [-0.05, 0) is 37.5 Å². The molecule has 3 rings (SSSR count). The Morgan fingerprint density at radius 3 is 2.25 bits per heavy atom. The van der Waals surface area contributed by atoms with Crippen LogP contribution in [0.4, 0.5) is 0 Å². The topological polar surface area (TPSA) is 63.7 Å². The number of carbonyl (C=O) groups is 3. The first-order valence-corrected chi connectivity index (χ1v) is 8.30. The Kier molecular flexibility index (Phi) is 4.71. The van der Waals surface area contributed by atoms with E-state index in [2.05, 4.69) is 0 Å². The lowest BCUT2D eigenvalue weighted by atomic mass is 9.85. The van der Waals surface area contributed by atoms with E-state index in [0.717, 1.165) is 10.5 Å². The van der Waals surface area contributed by atoms with Gasteiger partial charge < -0.3 is 4.74 Å². The SMILES string of the molecule is C[C@@H](C(=O)OCc1ccc(Cl)cc1)N1C(=O)[C@H]2CC=CC[C@H]2C1=O. The summed E-state index contributed by atoms with van der Waals surface area (Å²) in [5.41, 5.74) is 0.789. The van der Waals surface area contributed by atoms with Crippen LogP contribution in [0.3, 0.4) is 0 Å². The van der Waals surface area contributed by atoms with Crippen molar-refractivity contribution >= 4 is 29.4 Å². The Morgan fingerprint density at radius 1 is 1.17 bits per heavy atom. The number of carbonyl (C=O) groups excluding carboxylic acids is 3. The molecule has 0 unspecified atom stereocenters. The first kappa shape index (κ1) is 16.7. The van der Waals surface area contributed by atoms with Crippen LogP contribution in [0.2, 0.25) is 5.02 Å². The van der Waals surface area contributed by atoms with Crippen LogP contribution in [-0.2, 0) is 25.7 Å². The molecule has 126 valence electrons. The number of hydrogen-bond acceptors (Lipinski definition) is 4. The summed E-state index contributed by atoms with van der Waals surface area (Å²) in [5, 5.41) is 0.600. The molecular weight excluding hydrogens is 330 g/mol. The highest BCUT2D eigenvalue weighted by molar-refractivity contribution is 6.30. The standard InChI is InChI=1S/C18H18ClNO4/c1-11(18(23)24-10-12-6-8-13(19)9-7-12)20-16(21)14-4-2-3-5-15(14)17(20)22/h2-3,6-9,11,14-15H,4-5,10H2,1H3/t11-,14-,15+/m0/s1. The van der Waals surface area contributed by atoms with Crippen LogP contribution in [0.15, 0.2) is 36.4 Å². The van der Waals surface area contributed by atoms with Gasteiger partial charge in [0, 0.05) is 5.02 Å². The summed E-state index contributed by atoms with van der Waals surface area (Å²) >= 11 is 5.81. The van der Waals surface area contributed by atoms with E-state index in [1.54, 1.807) is 24.3 Å². The molecule has 2 amide bonds. The minimum atomic E-state index is -0.914. The van der Waals surface area contributed by atoms with Gasteiger partial charge in [0.15, 0.2) is 0 Å². The lowest BCUT2D eigenvalue weighted by Crippen LogP contribution is -2.44. The predicted molar refractivity (Wildman–Crippen MR) is 87.9 cm³/mol. The smallest absolute Gasteiger partial charge is 0.329 e. The molecule has 3 atom stereocenters. The molecule has 2 aliphatic rings. The Hall–Kier alpha value is -2.14. The second-order valence-corrected chi connectivity index (χ2v) is 6.55. The number of imide groups is 1. The van der Waals surface area contributed by atoms with Crippen molar-refractivity contribution in [1.82, 2.24) is 4.90 Å². The highest BCUT2D eigenvalue weighted by Crippen LogP contribution is 2.36. The van der Waals surface area contributed by atoms with Crippen LogP contribution < -0.4 is 0 Å². The highest BCUT2D eigenvalue weighted by atomic mass is 35.5. The quantitative estimate of drug-likeness (QED) is 0.477. The molecule has 1 aliphatic carbocycles. The van der Waals surface area contributed by atoms with E-state index in [4.69, 9.17) is 16.3 Å². The molecular formula is C18H18ClNO4. The number of nitrogens with zero attached hydrogens (tertiary/aromatic N) is 1. The summed E-state index contributed by atoms with van der Waals surface area (Å²) in [4.78, 5) is 38.2. The lowest BCUT2D eigenvalue weighted by Gasteiger charge is -2.21. The zero-order chi connectivity index (χ0) is 17.3. The van der Waals surface area contributed by atoms with Crippen molar-refractivity contribution in [1.29, 1.82) is 0 Å². The van der Waals surface area contributed by atoms with Gasteiger partial charge in [-0.3, -0.25) is 14.5 Å². The summed E-state index contributed by atoms with van der Waals surface area (Å²) in [7, 11) is 0. The monoisotopic (exact) mass is 347 g/mol. The second kappa shape index (κ2) is 6.77. The average Bonchev–Trinajstić information content (AvgIpc) is 2.85. The first-order chi connectivity index (χ1) is 11.5. The van der Waals surface area contributed by atoms with Gasteiger partial charge in [-0.2, -0.15) is 0 Å². The number of hydrogen-bond donors (Lipinski definition) is 0. The van der Waals surface area contributed by atoms with Crippen LogP contribution in [0.5, 0.6) is 0 Å². The van der Waals surface area contributed by atoms with Crippen molar-refractivity contribution in [2.24, 2.45) is 11.8 Å². The summed E-state index contributed by atoms with van der Waals surface area (Å²) < 4.78 is 5.25. The summed E-state index contributed by atoms with van der Waals surface area (Å²) in [5.74, 6) is -1.81. The maximum absolute atomic E-state index is 12.5. The zero-order valence-electron chi connectivity index (χ0n) is 13.3. The highest BCUT2D eigenvalue weighted by Gasteiger charge is 2.50. The third-order valence-electron chi connectivity index (χ3n) is 4.56. The van der Waals surface area contributed by atoms with Gasteiger partial charge in [0.2, 0.25) is 11.8 Å². The fourth-order valence-corrected chi connectivity index (χ4v) is 3.29. The van der Waals surface area contributed by atoms with Crippen LogP contribution in [0.25, 0.3) is 0 Å². The largest absolute Gasteiger partial charge is 0.459 e. The second-order valence-electron chi connectivity index (χ2n) is 6.11. The molecule has 24 heavy (non-hydrogen) atoms. The van der Waals surface area contributed by atoms with Crippen LogP contribution in [0, 0.1) is 11.8 Å². The van der Waals surface area contributed by atoms with E-state index < -0.39 is 12.0 Å². The number of amides is 2. The zero-order valence-corrected chi connectivity index (χ0v) is 14.0. The number of likely N-dealkylation sites (tertiary alicyclic amines) is 1. The normalized spacial score (nSPS) is 24.0. The molecule has 1 aromatic carbocycles. The molecule has 0 N–H and O–H groups in total. The number of fused-ring (bicyclic) bond motifs is 1. The van der Waals surface area contributed by atoms with Crippen LogP contribution in [0.1, 0.15) is 25.3 Å². The number of allylic oxidation sites excluding steroid dienone is 2. The van der Waals surface area contributed by atoms with Gasteiger partial charge >= 0.3 is 5.97 Å². The fraction of sp³-hybridized carbons (Fsp3) is 0.389. The molecule has 0 spiro atoms. The van der Waals surface area contributed by atoms with Gasteiger partial charge in [-0.25, -0.2) is 4.79 Å². The first-order valence-electron chi connectivity index (χ1n) is 7.92. The fourth-order valence-electron chi connectivity index (χ4n) is 3.17. The van der Waals surface area contributed by atoms with E-state index in [-0.39, 0.29) is 30.3 Å². The van der Waals surface area contributed by atoms with Crippen molar-refractivity contribution < 1.29 is 19.1 Å². The van der Waals surface area contributed by atoms with Gasteiger partial charge in [-0.15, -0.1) is 0 Å². The van der Waals surface area contributed by atoms with Crippen LogP contribution in [-0.4, -0.2) is 28.7 Å². The number of esters is 1. The number of rotatable bonds is 4. The Balaban J connectivity index is 1.64. The van der Waals surface area contributed by atoms with E-state index in [1.165, 1.54) is 6.92 Å². The predicted octanol–water partition coefficient (Wildman–Crippen LogP) is 2.72. The Morgan fingerprint density at radius 2 is 1.71 bits per heavy atom.